The number of carbonyl (C=O) groups excluding carboxylic acids is 1. The Balaban J connectivity index is 2.65. The van der Waals surface area contributed by atoms with Crippen molar-refractivity contribution in [2.24, 2.45) is 0 Å². The van der Waals surface area contributed by atoms with Crippen molar-refractivity contribution in [1.82, 2.24) is 10.2 Å². The predicted octanol–water partition coefficient (Wildman–Crippen LogP) is 0.975. The summed E-state index contributed by atoms with van der Waals surface area (Å²) in [6, 6.07) is 3.03. The van der Waals surface area contributed by atoms with Crippen LogP contribution in [0.15, 0.2) is 12.1 Å². The number of amides is 1. The first kappa shape index (κ1) is 17.6. The number of nitrogens with one attached hydrogen (secondary N) is 1. The molecule has 1 amide bonds. The summed E-state index contributed by atoms with van der Waals surface area (Å²) in [5.41, 5.74) is 6.40. The van der Waals surface area contributed by atoms with Gasteiger partial charge in [0.25, 0.3) is 5.91 Å². The molecule has 0 unspecified atom stereocenters. The van der Waals surface area contributed by atoms with Crippen LogP contribution in [0.2, 0.25) is 5.02 Å². The SMILES string of the molecule is CCN(CCO)CCNC(=O)c1cc(Cl)c(N)cc1OC. The van der Waals surface area contributed by atoms with Crippen molar-refractivity contribution in [3.63, 3.8) is 0 Å². The summed E-state index contributed by atoms with van der Waals surface area (Å²) in [4.78, 5) is 14.2. The van der Waals surface area contributed by atoms with E-state index >= 15 is 0 Å². The number of nitrogens with zero attached hydrogens (tertiary/aromatic N) is 1. The fourth-order valence-electron chi connectivity index (χ4n) is 1.91. The maximum atomic E-state index is 12.2. The number of hydrogen-bond acceptors (Lipinski definition) is 5. The highest BCUT2D eigenvalue weighted by atomic mass is 35.5. The molecule has 0 bridgehead atoms. The van der Waals surface area contributed by atoms with Crippen LogP contribution in [0, 0.1) is 0 Å². The largest absolute Gasteiger partial charge is 0.496 e. The number of aliphatic hydroxyl groups excluding tert-OH is 1. The molecule has 118 valence electrons. The van der Waals surface area contributed by atoms with Gasteiger partial charge in [-0.1, -0.05) is 18.5 Å². The van der Waals surface area contributed by atoms with Crippen molar-refractivity contribution >= 4 is 23.2 Å². The minimum atomic E-state index is -0.270. The standard InChI is InChI=1S/C14H22ClN3O3/c1-3-18(6-7-19)5-4-17-14(20)10-8-11(15)12(16)9-13(10)21-2/h8-9,19H,3-7,16H2,1-2H3,(H,17,20). The minimum absolute atomic E-state index is 0.100. The third kappa shape index (κ3) is 5.08. The fraction of sp³-hybridized carbons (Fsp3) is 0.500. The van der Waals surface area contributed by atoms with E-state index < -0.39 is 0 Å². The predicted molar refractivity (Wildman–Crippen MR) is 83.9 cm³/mol. The summed E-state index contributed by atoms with van der Waals surface area (Å²) >= 11 is 5.94. The maximum absolute atomic E-state index is 12.2. The molecule has 4 N–H and O–H groups in total. The Morgan fingerprint density at radius 2 is 2.19 bits per heavy atom. The lowest BCUT2D eigenvalue weighted by Gasteiger charge is -2.19. The molecule has 0 aliphatic carbocycles. The van der Waals surface area contributed by atoms with Gasteiger partial charge in [0.2, 0.25) is 0 Å². The van der Waals surface area contributed by atoms with Gasteiger partial charge >= 0.3 is 0 Å². The van der Waals surface area contributed by atoms with Gasteiger partial charge in [0.05, 0.1) is 30.0 Å². The Morgan fingerprint density at radius 3 is 2.76 bits per heavy atom. The molecular weight excluding hydrogens is 294 g/mol. The highest BCUT2D eigenvalue weighted by Gasteiger charge is 2.15. The van der Waals surface area contributed by atoms with Crippen LogP contribution >= 0.6 is 11.6 Å². The first-order valence-corrected chi connectivity index (χ1v) is 7.15. The quantitative estimate of drug-likeness (QED) is 0.622. The second-order valence-electron chi connectivity index (χ2n) is 4.49. The number of hydrogen-bond donors (Lipinski definition) is 3. The molecule has 0 radical (unpaired) electrons. The number of likely N-dealkylation sites (N-methyl/N-ethyl adjacent to an activating group) is 1. The summed E-state index contributed by atoms with van der Waals surface area (Å²) < 4.78 is 5.15. The summed E-state index contributed by atoms with van der Waals surface area (Å²) in [6.07, 6.45) is 0. The molecule has 0 aliphatic heterocycles. The van der Waals surface area contributed by atoms with Crippen LogP contribution in [0.1, 0.15) is 17.3 Å². The normalized spacial score (nSPS) is 10.7. The number of rotatable bonds is 8. The van der Waals surface area contributed by atoms with E-state index in [1.165, 1.54) is 19.2 Å². The number of aliphatic hydroxyl groups is 1. The molecule has 7 heteroatoms. The summed E-state index contributed by atoms with van der Waals surface area (Å²) in [7, 11) is 1.47. The van der Waals surface area contributed by atoms with Gasteiger partial charge in [0, 0.05) is 25.7 Å². The summed E-state index contributed by atoms with van der Waals surface area (Å²) in [5, 5.41) is 12.0. The third-order valence-corrected chi connectivity index (χ3v) is 3.47. The lowest BCUT2D eigenvalue weighted by molar-refractivity contribution is 0.0944. The monoisotopic (exact) mass is 315 g/mol. The number of anilines is 1. The van der Waals surface area contributed by atoms with Crippen molar-refractivity contribution in [3.05, 3.63) is 22.7 Å². The number of benzene rings is 1. The molecule has 1 aromatic carbocycles. The topological polar surface area (TPSA) is 87.8 Å². The van der Waals surface area contributed by atoms with Crippen molar-refractivity contribution in [2.45, 2.75) is 6.92 Å². The zero-order chi connectivity index (χ0) is 15.8. The highest BCUT2D eigenvalue weighted by molar-refractivity contribution is 6.33. The van der Waals surface area contributed by atoms with Crippen LogP contribution in [-0.4, -0.2) is 55.8 Å². The zero-order valence-corrected chi connectivity index (χ0v) is 13.1. The molecule has 1 aromatic rings. The van der Waals surface area contributed by atoms with E-state index in [4.69, 9.17) is 27.2 Å². The number of ether oxygens (including phenoxy) is 1. The molecule has 6 nitrogen and oxygen atoms in total. The Labute approximate surface area is 129 Å². The molecular formula is C14H22ClN3O3. The second kappa shape index (κ2) is 8.71. The van der Waals surface area contributed by atoms with Gasteiger partial charge in [-0.25, -0.2) is 0 Å². The first-order valence-electron chi connectivity index (χ1n) is 6.77. The van der Waals surface area contributed by atoms with Gasteiger partial charge in [0.15, 0.2) is 0 Å². The van der Waals surface area contributed by atoms with Gasteiger partial charge in [-0.2, -0.15) is 0 Å². The van der Waals surface area contributed by atoms with E-state index in [9.17, 15) is 4.79 Å². The number of halogens is 1. The van der Waals surface area contributed by atoms with E-state index in [-0.39, 0.29) is 12.5 Å². The Kier molecular flexibility index (Phi) is 7.28. The van der Waals surface area contributed by atoms with Crippen LogP contribution in [-0.2, 0) is 0 Å². The van der Waals surface area contributed by atoms with Crippen LogP contribution in [0.5, 0.6) is 5.75 Å². The number of carbonyl (C=O) groups is 1. The smallest absolute Gasteiger partial charge is 0.255 e. The van der Waals surface area contributed by atoms with Crippen molar-refractivity contribution < 1.29 is 14.6 Å². The van der Waals surface area contributed by atoms with E-state index in [1.54, 1.807) is 0 Å². The molecule has 0 atom stereocenters. The molecule has 0 aliphatic rings. The number of nitrogens with two attached hydrogens (primary N) is 1. The van der Waals surface area contributed by atoms with E-state index in [1.807, 2.05) is 11.8 Å². The zero-order valence-electron chi connectivity index (χ0n) is 12.4. The van der Waals surface area contributed by atoms with Crippen LogP contribution in [0.4, 0.5) is 5.69 Å². The second-order valence-corrected chi connectivity index (χ2v) is 4.89. The van der Waals surface area contributed by atoms with Crippen LogP contribution in [0.3, 0.4) is 0 Å². The Morgan fingerprint density at radius 1 is 1.48 bits per heavy atom. The average Bonchev–Trinajstić information content (AvgIpc) is 2.48. The van der Waals surface area contributed by atoms with Gasteiger partial charge in [-0.15, -0.1) is 0 Å². The van der Waals surface area contributed by atoms with Gasteiger partial charge in [0.1, 0.15) is 5.75 Å². The van der Waals surface area contributed by atoms with Crippen molar-refractivity contribution in [1.29, 1.82) is 0 Å². The molecule has 0 saturated carbocycles. The molecule has 21 heavy (non-hydrogen) atoms. The Hall–Kier alpha value is -1.50. The molecule has 0 saturated heterocycles. The van der Waals surface area contributed by atoms with E-state index in [2.05, 4.69) is 5.32 Å². The van der Waals surface area contributed by atoms with Gasteiger partial charge in [-0.05, 0) is 12.6 Å². The molecule has 0 heterocycles. The molecule has 1 rings (SSSR count). The molecule has 0 spiro atoms. The number of methoxy groups -OCH3 is 1. The molecule has 0 aromatic heterocycles. The van der Waals surface area contributed by atoms with Crippen LogP contribution < -0.4 is 15.8 Å². The fourth-order valence-corrected chi connectivity index (χ4v) is 2.07. The van der Waals surface area contributed by atoms with E-state index in [0.717, 1.165) is 6.54 Å². The van der Waals surface area contributed by atoms with Crippen molar-refractivity contribution in [3.8, 4) is 5.75 Å². The molecule has 0 fully saturated rings. The van der Waals surface area contributed by atoms with Crippen LogP contribution in [0.25, 0.3) is 0 Å². The van der Waals surface area contributed by atoms with Crippen molar-refractivity contribution in [2.75, 3.05) is 45.6 Å². The van der Waals surface area contributed by atoms with Gasteiger partial charge < -0.3 is 20.9 Å². The minimum Gasteiger partial charge on any atom is -0.496 e. The Bertz CT molecular complexity index is 483. The maximum Gasteiger partial charge on any atom is 0.255 e. The third-order valence-electron chi connectivity index (χ3n) is 3.14. The van der Waals surface area contributed by atoms with Gasteiger partial charge in [-0.3, -0.25) is 9.69 Å². The lowest BCUT2D eigenvalue weighted by Crippen LogP contribution is -2.36. The lowest BCUT2D eigenvalue weighted by atomic mass is 10.1. The number of nitrogen functional groups attached to an aromatic ring is 1. The summed E-state index contributed by atoms with van der Waals surface area (Å²) in [6.45, 7) is 4.63. The highest BCUT2D eigenvalue weighted by Crippen LogP contribution is 2.28. The van der Waals surface area contributed by atoms with E-state index in [0.29, 0.717) is 41.7 Å². The summed E-state index contributed by atoms with van der Waals surface area (Å²) in [5.74, 6) is 0.117. The average molecular weight is 316 g/mol. The first-order chi connectivity index (χ1) is 10.0.